The highest BCUT2D eigenvalue weighted by Crippen LogP contribution is 2.19. The van der Waals surface area contributed by atoms with Gasteiger partial charge in [-0.1, -0.05) is 0 Å². The SMILES string of the molecule is Cc1cc(S(=O)(=O)Nc2ccc(NC(C)C)nc2)ccc1F. The van der Waals surface area contributed by atoms with Crippen LogP contribution >= 0.6 is 0 Å². The summed E-state index contributed by atoms with van der Waals surface area (Å²) in [5.41, 5.74) is 0.619. The number of aryl methyl sites for hydroxylation is 1. The highest BCUT2D eigenvalue weighted by Gasteiger charge is 2.15. The van der Waals surface area contributed by atoms with E-state index in [2.05, 4.69) is 15.0 Å². The number of nitrogens with one attached hydrogen (secondary N) is 2. The first-order valence-corrected chi connectivity index (χ1v) is 8.28. The maximum atomic E-state index is 13.2. The van der Waals surface area contributed by atoms with Gasteiger partial charge in [-0.2, -0.15) is 0 Å². The Hall–Kier alpha value is -2.15. The number of aromatic nitrogens is 1. The Bertz CT molecular complexity index is 759. The first-order valence-electron chi connectivity index (χ1n) is 6.79. The van der Waals surface area contributed by atoms with Crippen molar-refractivity contribution in [3.63, 3.8) is 0 Å². The number of sulfonamides is 1. The fourth-order valence-electron chi connectivity index (χ4n) is 1.83. The van der Waals surface area contributed by atoms with E-state index < -0.39 is 15.8 Å². The van der Waals surface area contributed by atoms with E-state index in [9.17, 15) is 12.8 Å². The van der Waals surface area contributed by atoms with Crippen molar-refractivity contribution in [2.45, 2.75) is 31.7 Å². The van der Waals surface area contributed by atoms with Crippen molar-refractivity contribution in [1.82, 2.24) is 4.98 Å². The van der Waals surface area contributed by atoms with Gasteiger partial charge in [0.15, 0.2) is 0 Å². The minimum absolute atomic E-state index is 0.00998. The number of halogens is 1. The molecule has 0 aliphatic rings. The number of hydrogen-bond donors (Lipinski definition) is 2. The van der Waals surface area contributed by atoms with Crippen molar-refractivity contribution in [1.29, 1.82) is 0 Å². The predicted octanol–water partition coefficient (Wildman–Crippen LogP) is 3.15. The summed E-state index contributed by atoms with van der Waals surface area (Å²) in [5, 5.41) is 3.11. The van der Waals surface area contributed by atoms with Crippen LogP contribution in [0.2, 0.25) is 0 Å². The van der Waals surface area contributed by atoms with Gasteiger partial charge in [-0.25, -0.2) is 17.8 Å². The largest absolute Gasteiger partial charge is 0.368 e. The van der Waals surface area contributed by atoms with Gasteiger partial charge in [-0.3, -0.25) is 4.72 Å². The van der Waals surface area contributed by atoms with Crippen molar-refractivity contribution in [3.05, 3.63) is 47.9 Å². The quantitative estimate of drug-likeness (QED) is 0.887. The Labute approximate surface area is 129 Å². The van der Waals surface area contributed by atoms with Crippen LogP contribution in [-0.4, -0.2) is 19.4 Å². The number of rotatable bonds is 5. The van der Waals surface area contributed by atoms with Gasteiger partial charge in [0.2, 0.25) is 0 Å². The fraction of sp³-hybridized carbons (Fsp3) is 0.267. The molecule has 0 bridgehead atoms. The zero-order valence-corrected chi connectivity index (χ0v) is 13.4. The van der Waals surface area contributed by atoms with Crippen LogP contribution in [0.15, 0.2) is 41.4 Å². The average molecular weight is 323 g/mol. The average Bonchev–Trinajstić information content (AvgIpc) is 2.43. The molecule has 1 heterocycles. The molecule has 1 aromatic heterocycles. The number of pyridine rings is 1. The molecule has 2 rings (SSSR count). The van der Waals surface area contributed by atoms with Crippen LogP contribution in [0.5, 0.6) is 0 Å². The second-order valence-electron chi connectivity index (χ2n) is 5.25. The molecule has 0 amide bonds. The molecule has 0 spiro atoms. The number of hydrogen-bond acceptors (Lipinski definition) is 4. The summed E-state index contributed by atoms with van der Waals surface area (Å²) >= 11 is 0. The van der Waals surface area contributed by atoms with Gasteiger partial charge in [0.05, 0.1) is 16.8 Å². The highest BCUT2D eigenvalue weighted by molar-refractivity contribution is 7.92. The lowest BCUT2D eigenvalue weighted by Crippen LogP contribution is -2.14. The molecule has 5 nitrogen and oxygen atoms in total. The predicted molar refractivity (Wildman–Crippen MR) is 84.9 cm³/mol. The highest BCUT2D eigenvalue weighted by atomic mass is 32.2. The second kappa shape index (κ2) is 6.31. The zero-order chi connectivity index (χ0) is 16.3. The maximum Gasteiger partial charge on any atom is 0.261 e. The molecular weight excluding hydrogens is 305 g/mol. The summed E-state index contributed by atoms with van der Waals surface area (Å²) in [4.78, 5) is 4.14. The molecule has 2 aromatic rings. The summed E-state index contributed by atoms with van der Waals surface area (Å²) in [6.07, 6.45) is 1.43. The molecule has 22 heavy (non-hydrogen) atoms. The van der Waals surface area contributed by atoms with Crippen LogP contribution in [0, 0.1) is 12.7 Å². The van der Waals surface area contributed by atoms with Gasteiger partial charge < -0.3 is 5.32 Å². The summed E-state index contributed by atoms with van der Waals surface area (Å²) in [6.45, 7) is 5.48. The summed E-state index contributed by atoms with van der Waals surface area (Å²) in [6, 6.07) is 7.20. The molecule has 1 aromatic carbocycles. The van der Waals surface area contributed by atoms with E-state index in [1.807, 2.05) is 13.8 Å². The van der Waals surface area contributed by atoms with E-state index in [4.69, 9.17) is 0 Å². The lowest BCUT2D eigenvalue weighted by molar-refractivity contribution is 0.598. The monoisotopic (exact) mass is 323 g/mol. The molecule has 0 fully saturated rings. The first kappa shape index (κ1) is 16.2. The van der Waals surface area contributed by atoms with Gasteiger partial charge in [0.25, 0.3) is 10.0 Å². The molecule has 118 valence electrons. The molecule has 0 aliphatic heterocycles. The third-order valence-corrected chi connectivity index (χ3v) is 4.27. The van der Waals surface area contributed by atoms with Crippen molar-refractivity contribution >= 4 is 21.5 Å². The minimum atomic E-state index is -3.77. The summed E-state index contributed by atoms with van der Waals surface area (Å²) in [5.74, 6) is 0.223. The number of benzene rings is 1. The van der Waals surface area contributed by atoms with E-state index >= 15 is 0 Å². The standard InChI is InChI=1S/C15H18FN3O2S/c1-10(2)18-15-7-4-12(9-17-15)19-22(20,21)13-5-6-14(16)11(3)8-13/h4-10,19H,1-3H3,(H,17,18). The maximum absolute atomic E-state index is 13.2. The van der Waals surface area contributed by atoms with E-state index in [0.29, 0.717) is 11.5 Å². The van der Waals surface area contributed by atoms with Crippen molar-refractivity contribution in [3.8, 4) is 0 Å². The third-order valence-electron chi connectivity index (χ3n) is 2.89. The Balaban J connectivity index is 2.19. The number of nitrogens with zero attached hydrogens (tertiary/aromatic N) is 1. The first-order chi connectivity index (χ1) is 10.3. The number of anilines is 2. The molecule has 0 aliphatic carbocycles. The van der Waals surface area contributed by atoms with Gasteiger partial charge in [0, 0.05) is 6.04 Å². The minimum Gasteiger partial charge on any atom is -0.368 e. The molecule has 7 heteroatoms. The summed E-state index contributed by atoms with van der Waals surface area (Å²) in [7, 11) is -3.77. The van der Waals surface area contributed by atoms with Gasteiger partial charge in [-0.15, -0.1) is 0 Å². The van der Waals surface area contributed by atoms with Crippen LogP contribution in [-0.2, 0) is 10.0 Å². The van der Waals surface area contributed by atoms with E-state index in [1.165, 1.54) is 25.3 Å². The smallest absolute Gasteiger partial charge is 0.261 e. The van der Waals surface area contributed by atoms with Crippen LogP contribution in [0.1, 0.15) is 19.4 Å². The van der Waals surface area contributed by atoms with Gasteiger partial charge in [-0.05, 0) is 56.7 Å². The molecule has 2 N–H and O–H groups in total. The van der Waals surface area contributed by atoms with Crippen LogP contribution in [0.25, 0.3) is 0 Å². The third kappa shape index (κ3) is 3.94. The Morgan fingerprint density at radius 3 is 2.45 bits per heavy atom. The molecule has 0 atom stereocenters. The topological polar surface area (TPSA) is 71.1 Å². The molecule has 0 saturated heterocycles. The lowest BCUT2D eigenvalue weighted by atomic mass is 10.2. The van der Waals surface area contributed by atoms with Gasteiger partial charge in [0.1, 0.15) is 11.6 Å². The van der Waals surface area contributed by atoms with Crippen molar-refractivity contribution in [2.75, 3.05) is 10.0 Å². The molecule has 0 saturated carbocycles. The lowest BCUT2D eigenvalue weighted by Gasteiger charge is -2.11. The normalized spacial score (nSPS) is 11.5. The molecule has 0 unspecified atom stereocenters. The Kier molecular flexibility index (Phi) is 4.65. The van der Waals surface area contributed by atoms with E-state index in [0.717, 1.165) is 6.07 Å². The van der Waals surface area contributed by atoms with Crippen molar-refractivity contribution in [2.24, 2.45) is 0 Å². The summed E-state index contributed by atoms with van der Waals surface area (Å²) < 4.78 is 40.2. The molecular formula is C15H18FN3O2S. The molecule has 0 radical (unpaired) electrons. The van der Waals surface area contributed by atoms with Gasteiger partial charge >= 0.3 is 0 Å². The van der Waals surface area contributed by atoms with Crippen LogP contribution in [0.3, 0.4) is 0 Å². The van der Waals surface area contributed by atoms with Crippen LogP contribution in [0.4, 0.5) is 15.9 Å². The zero-order valence-electron chi connectivity index (χ0n) is 12.6. The Morgan fingerprint density at radius 1 is 1.18 bits per heavy atom. The van der Waals surface area contributed by atoms with E-state index in [-0.39, 0.29) is 16.5 Å². The van der Waals surface area contributed by atoms with E-state index in [1.54, 1.807) is 12.1 Å². The fourth-order valence-corrected chi connectivity index (χ4v) is 2.96. The van der Waals surface area contributed by atoms with Crippen LogP contribution < -0.4 is 10.0 Å². The Morgan fingerprint density at radius 2 is 1.91 bits per heavy atom. The second-order valence-corrected chi connectivity index (χ2v) is 6.93. The van der Waals surface area contributed by atoms with Crippen molar-refractivity contribution < 1.29 is 12.8 Å².